The van der Waals surface area contributed by atoms with Gasteiger partial charge in [0.05, 0.1) is 29.6 Å². The molecule has 1 aliphatic heterocycles. The van der Waals surface area contributed by atoms with Crippen molar-refractivity contribution < 1.29 is 19.1 Å². The van der Waals surface area contributed by atoms with Crippen molar-refractivity contribution in [2.45, 2.75) is 19.3 Å². The zero-order valence-electron chi connectivity index (χ0n) is 14.4. The van der Waals surface area contributed by atoms with Gasteiger partial charge >= 0.3 is 11.9 Å². The Morgan fingerprint density at radius 1 is 1.30 bits per heavy atom. The lowest BCUT2D eigenvalue weighted by molar-refractivity contribution is -0.135. The Labute approximate surface area is 153 Å². The quantitative estimate of drug-likeness (QED) is 0.706. The highest BCUT2D eigenvalue weighted by Crippen LogP contribution is 2.40. The lowest BCUT2D eigenvalue weighted by Gasteiger charge is -2.25. The number of nitrogens with zero attached hydrogens (tertiary/aromatic N) is 2. The second-order valence-corrected chi connectivity index (χ2v) is 6.00. The average molecular weight is 365 g/mol. The minimum absolute atomic E-state index is 0.0100. The summed E-state index contributed by atoms with van der Waals surface area (Å²) >= 11 is 0. The molecule has 4 rings (SSSR count). The highest BCUT2D eigenvalue weighted by Gasteiger charge is 2.35. The number of rotatable bonds is 3. The van der Waals surface area contributed by atoms with Gasteiger partial charge < -0.3 is 14.5 Å². The summed E-state index contributed by atoms with van der Waals surface area (Å²) in [6.45, 7) is 1.82. The van der Waals surface area contributed by atoms with E-state index >= 15 is 0 Å². The van der Waals surface area contributed by atoms with Gasteiger partial charge in [0.2, 0.25) is 0 Å². The first-order valence-corrected chi connectivity index (χ1v) is 8.43. The Bertz CT molecular complexity index is 1120. The molecule has 1 N–H and O–H groups in total. The first kappa shape index (κ1) is 16.9. The summed E-state index contributed by atoms with van der Waals surface area (Å²) in [7, 11) is 0. The molecule has 27 heavy (non-hydrogen) atoms. The van der Waals surface area contributed by atoms with Crippen LogP contribution in [0.4, 0.5) is 0 Å². The van der Waals surface area contributed by atoms with Gasteiger partial charge in [-0.3, -0.25) is 19.6 Å². The van der Waals surface area contributed by atoms with Crippen molar-refractivity contribution in [3.8, 4) is 5.75 Å². The van der Waals surface area contributed by atoms with Crippen molar-refractivity contribution in [2.75, 3.05) is 6.61 Å². The smallest absolute Gasteiger partial charge is 0.343 e. The van der Waals surface area contributed by atoms with E-state index in [0.29, 0.717) is 16.6 Å². The highest BCUT2D eigenvalue weighted by molar-refractivity contribution is 5.95. The number of esters is 2. The largest absolute Gasteiger partial charge is 0.462 e. The molecule has 0 aliphatic carbocycles. The molecule has 8 nitrogen and oxygen atoms in total. The van der Waals surface area contributed by atoms with Crippen LogP contribution in [-0.4, -0.2) is 33.5 Å². The standard InChI is InChI=1S/C19H15N3O5/c1-2-26-19(25)12-9-22-18(24)15-11(8-14(23)27-17(12)15)10-4-3-5-13-16(10)21-7-6-20-13/h3-7,9,11H,2,8H2,1H3,(H,22,24)/t11-/m1/s1. The molecule has 1 aromatic carbocycles. The molecular weight excluding hydrogens is 350 g/mol. The monoisotopic (exact) mass is 365 g/mol. The number of hydrogen-bond acceptors (Lipinski definition) is 7. The molecule has 1 atom stereocenters. The van der Waals surface area contributed by atoms with Crippen LogP contribution >= 0.6 is 0 Å². The van der Waals surface area contributed by atoms with Crippen molar-refractivity contribution in [3.05, 3.63) is 63.8 Å². The molecule has 3 heterocycles. The summed E-state index contributed by atoms with van der Waals surface area (Å²) < 4.78 is 10.3. The van der Waals surface area contributed by atoms with Gasteiger partial charge in [0, 0.05) is 24.5 Å². The Morgan fingerprint density at radius 3 is 2.93 bits per heavy atom. The van der Waals surface area contributed by atoms with Crippen LogP contribution in [0.5, 0.6) is 5.75 Å². The maximum atomic E-state index is 12.6. The second kappa shape index (κ2) is 6.64. The van der Waals surface area contributed by atoms with Gasteiger partial charge in [0.15, 0.2) is 5.75 Å². The predicted molar refractivity (Wildman–Crippen MR) is 94.7 cm³/mol. The number of nitrogens with one attached hydrogen (secondary N) is 1. The van der Waals surface area contributed by atoms with Crippen LogP contribution in [0.3, 0.4) is 0 Å². The molecule has 0 amide bonds. The minimum Gasteiger partial charge on any atom is -0.462 e. The van der Waals surface area contributed by atoms with Gasteiger partial charge in [-0.1, -0.05) is 12.1 Å². The molecule has 0 unspecified atom stereocenters. The van der Waals surface area contributed by atoms with Crippen LogP contribution in [0, 0.1) is 0 Å². The van der Waals surface area contributed by atoms with Crippen molar-refractivity contribution >= 4 is 23.0 Å². The van der Waals surface area contributed by atoms with E-state index < -0.39 is 23.4 Å². The second-order valence-electron chi connectivity index (χ2n) is 6.00. The van der Waals surface area contributed by atoms with Crippen LogP contribution < -0.4 is 10.3 Å². The first-order chi connectivity index (χ1) is 13.1. The van der Waals surface area contributed by atoms with Crippen LogP contribution in [0.2, 0.25) is 0 Å². The minimum atomic E-state index is -0.670. The van der Waals surface area contributed by atoms with Gasteiger partial charge in [0.25, 0.3) is 5.56 Å². The first-order valence-electron chi connectivity index (χ1n) is 8.43. The van der Waals surface area contributed by atoms with E-state index in [-0.39, 0.29) is 29.9 Å². The number of pyridine rings is 1. The zero-order chi connectivity index (χ0) is 19.0. The fraction of sp³-hybridized carbons (Fsp3) is 0.211. The molecule has 0 saturated heterocycles. The average Bonchev–Trinajstić information content (AvgIpc) is 2.67. The van der Waals surface area contributed by atoms with Crippen molar-refractivity contribution in [1.82, 2.24) is 15.0 Å². The number of ether oxygens (including phenoxy) is 2. The summed E-state index contributed by atoms with van der Waals surface area (Å²) in [5, 5.41) is 0. The van der Waals surface area contributed by atoms with Gasteiger partial charge in [-0.15, -0.1) is 0 Å². The molecule has 136 valence electrons. The molecule has 0 spiro atoms. The number of H-pyrrole nitrogens is 1. The van der Waals surface area contributed by atoms with Gasteiger partial charge in [-0.05, 0) is 18.6 Å². The Hall–Kier alpha value is -3.55. The van der Waals surface area contributed by atoms with Crippen LogP contribution in [-0.2, 0) is 9.53 Å². The summed E-state index contributed by atoms with van der Waals surface area (Å²) in [6.07, 6.45) is 4.28. The van der Waals surface area contributed by atoms with E-state index in [1.54, 1.807) is 37.5 Å². The van der Waals surface area contributed by atoms with Crippen LogP contribution in [0.1, 0.15) is 40.7 Å². The lowest BCUT2D eigenvalue weighted by atomic mass is 9.85. The van der Waals surface area contributed by atoms with E-state index in [0.717, 1.165) is 0 Å². The molecule has 8 heteroatoms. The van der Waals surface area contributed by atoms with Crippen molar-refractivity contribution in [1.29, 1.82) is 0 Å². The van der Waals surface area contributed by atoms with Crippen LogP contribution in [0.15, 0.2) is 41.6 Å². The lowest BCUT2D eigenvalue weighted by Crippen LogP contribution is -2.30. The van der Waals surface area contributed by atoms with Crippen LogP contribution in [0.25, 0.3) is 11.0 Å². The zero-order valence-corrected chi connectivity index (χ0v) is 14.4. The van der Waals surface area contributed by atoms with E-state index in [4.69, 9.17) is 9.47 Å². The SMILES string of the molecule is CCOC(=O)c1c[nH]c(=O)c2c1OC(=O)C[C@@H]2c1cccc2nccnc12. The normalized spacial score (nSPS) is 15.9. The number of aromatic amines is 1. The molecule has 0 fully saturated rings. The molecule has 3 aromatic rings. The maximum Gasteiger partial charge on any atom is 0.343 e. The van der Waals surface area contributed by atoms with E-state index in [1.807, 2.05) is 0 Å². The number of carbonyl (C=O) groups excluding carboxylic acids is 2. The number of hydrogen-bond donors (Lipinski definition) is 1. The number of fused-ring (bicyclic) bond motifs is 2. The number of aromatic nitrogens is 3. The molecule has 0 radical (unpaired) electrons. The Kier molecular flexibility index (Phi) is 4.15. The summed E-state index contributed by atoms with van der Waals surface area (Å²) in [5.41, 5.74) is 1.69. The highest BCUT2D eigenvalue weighted by atomic mass is 16.5. The third-order valence-corrected chi connectivity index (χ3v) is 4.42. The van der Waals surface area contributed by atoms with Gasteiger partial charge in [-0.25, -0.2) is 4.79 Å². The fourth-order valence-corrected chi connectivity index (χ4v) is 3.30. The Morgan fingerprint density at radius 2 is 2.11 bits per heavy atom. The Balaban J connectivity index is 1.96. The third-order valence-electron chi connectivity index (χ3n) is 4.42. The molecule has 0 saturated carbocycles. The molecular formula is C19H15N3O5. The molecule has 2 aromatic heterocycles. The maximum absolute atomic E-state index is 12.6. The van der Waals surface area contributed by atoms with Crippen molar-refractivity contribution in [2.24, 2.45) is 0 Å². The topological polar surface area (TPSA) is 111 Å². The third kappa shape index (κ3) is 2.84. The van der Waals surface area contributed by atoms with E-state index in [9.17, 15) is 14.4 Å². The number of carbonyl (C=O) groups is 2. The molecule has 1 aliphatic rings. The predicted octanol–water partition coefficient (Wildman–Crippen LogP) is 1.94. The summed E-state index contributed by atoms with van der Waals surface area (Å²) in [4.78, 5) is 48.3. The van der Waals surface area contributed by atoms with Gasteiger partial charge in [0.1, 0.15) is 5.56 Å². The molecule has 0 bridgehead atoms. The summed E-state index contributed by atoms with van der Waals surface area (Å²) in [5.74, 6) is -1.88. The summed E-state index contributed by atoms with van der Waals surface area (Å²) in [6, 6.07) is 5.38. The number of benzene rings is 1. The number of para-hydroxylation sites is 1. The van der Waals surface area contributed by atoms with E-state index in [2.05, 4.69) is 15.0 Å². The fourth-order valence-electron chi connectivity index (χ4n) is 3.30. The van der Waals surface area contributed by atoms with Gasteiger partial charge in [-0.2, -0.15) is 0 Å². The van der Waals surface area contributed by atoms with Crippen molar-refractivity contribution in [3.63, 3.8) is 0 Å². The van der Waals surface area contributed by atoms with E-state index in [1.165, 1.54) is 6.20 Å².